The number of hydrogen-bond donors (Lipinski definition) is 0. The maximum atomic E-state index is 2.43. The lowest BCUT2D eigenvalue weighted by molar-refractivity contribution is 0.279. The van der Waals surface area contributed by atoms with E-state index in [0.29, 0.717) is 29.6 Å². The first-order valence-corrected chi connectivity index (χ1v) is 40.7. The van der Waals surface area contributed by atoms with Gasteiger partial charge in [-0.2, -0.15) is 0 Å². The lowest BCUT2D eigenvalue weighted by Gasteiger charge is -2.24. The third kappa shape index (κ3) is 28.3. The Kier molecular flexibility index (Phi) is 35.5. The number of thiophene rings is 4. The average molecular weight is 1370 g/mol. The highest BCUT2D eigenvalue weighted by Gasteiger charge is 2.18. The van der Waals surface area contributed by atoms with E-state index < -0.39 is 0 Å². The number of benzene rings is 7. The highest BCUT2D eigenvalue weighted by molar-refractivity contribution is 7.19. The molecular weight excluding hydrogens is 1250 g/mol. The van der Waals surface area contributed by atoms with Gasteiger partial charge in [0.15, 0.2) is 0 Å². The minimum atomic E-state index is 0.615. The monoisotopic (exact) mass is 1370 g/mol. The number of aryl methyl sites for hydroxylation is 4. The summed E-state index contributed by atoms with van der Waals surface area (Å²) in [6.45, 7) is 40.6. The van der Waals surface area contributed by atoms with Crippen molar-refractivity contribution in [3.8, 4) is 0 Å². The molecule has 0 radical (unpaired) electrons. The van der Waals surface area contributed by atoms with Crippen LogP contribution in [0.4, 0.5) is 0 Å². The molecule has 0 N–H and O–H groups in total. The number of rotatable bonds is 10. The van der Waals surface area contributed by atoms with E-state index in [1.165, 1.54) is 147 Å². The Morgan fingerprint density at radius 1 is 0.309 bits per heavy atom. The summed E-state index contributed by atoms with van der Waals surface area (Å²) in [7, 11) is 0. The van der Waals surface area contributed by atoms with Gasteiger partial charge in [-0.05, 0) is 207 Å². The van der Waals surface area contributed by atoms with E-state index in [-0.39, 0.29) is 0 Å². The van der Waals surface area contributed by atoms with Crippen LogP contribution in [0.2, 0.25) is 0 Å². The highest BCUT2D eigenvalue weighted by Crippen LogP contribution is 2.36. The van der Waals surface area contributed by atoms with Gasteiger partial charge < -0.3 is 0 Å². The second-order valence-electron chi connectivity index (χ2n) is 29.9. The molecule has 0 atom stereocenters. The van der Waals surface area contributed by atoms with Crippen LogP contribution in [-0.4, -0.2) is 0 Å². The molecule has 4 heterocycles. The molecule has 97 heavy (non-hydrogen) atoms. The molecule has 1 saturated carbocycles. The zero-order valence-electron chi connectivity index (χ0n) is 63.2. The van der Waals surface area contributed by atoms with E-state index in [1.807, 2.05) is 51.4 Å². The predicted molar refractivity (Wildman–Crippen MR) is 443 cm³/mol. The van der Waals surface area contributed by atoms with Gasteiger partial charge in [0.2, 0.25) is 0 Å². The molecular formula is C93H124S4. The zero-order chi connectivity index (χ0) is 70.2. The Balaban J connectivity index is 0.000000173. The molecule has 0 saturated heterocycles. The van der Waals surface area contributed by atoms with Crippen molar-refractivity contribution in [2.24, 2.45) is 17.8 Å². The minimum absolute atomic E-state index is 0.615. The van der Waals surface area contributed by atoms with Gasteiger partial charge in [-0.1, -0.05) is 327 Å². The molecule has 3 aliphatic carbocycles. The fourth-order valence-corrected chi connectivity index (χ4v) is 16.5. The van der Waals surface area contributed by atoms with Crippen LogP contribution in [-0.2, 0) is 32.1 Å². The average Bonchev–Trinajstić information content (AvgIpc) is 1.84. The predicted octanol–water partition coefficient (Wildman–Crippen LogP) is 30.9. The lowest BCUT2D eigenvalue weighted by Crippen LogP contribution is -2.12. The van der Waals surface area contributed by atoms with Crippen LogP contribution in [0.1, 0.15) is 280 Å². The lowest BCUT2D eigenvalue weighted by atomic mass is 9.82. The SMILES string of the molecule is CC(C)C1CCCCC1.CC(C)Cc1ccccc1.CC(C)c1cc2c(s1)CCC2.CC(C)c1cc2c(s1)CCCC2.CC(C)c1cc2ccccc2s1.CC(C)c1ccc2ccccc2c1.CC(C)c1ccc2ccccc2c1.CC(C)c1ccccc1.CC(C)c1cccs1. The Morgan fingerprint density at radius 3 is 1.13 bits per heavy atom. The van der Waals surface area contributed by atoms with Gasteiger partial charge in [0.25, 0.3) is 0 Å². The minimum Gasteiger partial charge on any atom is -0.149 e. The molecule has 1 fully saturated rings. The second-order valence-corrected chi connectivity index (χ2v) is 34.3. The molecule has 0 amide bonds. The van der Waals surface area contributed by atoms with Crippen LogP contribution in [0.25, 0.3) is 31.6 Å². The summed E-state index contributed by atoms with van der Waals surface area (Å²) in [4.78, 5) is 9.46. The van der Waals surface area contributed by atoms with Gasteiger partial charge >= 0.3 is 0 Å². The van der Waals surface area contributed by atoms with Crippen LogP contribution in [0.15, 0.2) is 206 Å². The smallest absolute Gasteiger partial charge is 0.0345 e. The fraction of sp³-hybridized carbons (Fsp3) is 0.441. The van der Waals surface area contributed by atoms with E-state index in [4.69, 9.17) is 0 Å². The van der Waals surface area contributed by atoms with E-state index in [1.54, 1.807) is 30.6 Å². The molecule has 3 aliphatic rings. The Bertz CT molecular complexity index is 3690. The van der Waals surface area contributed by atoms with Crippen LogP contribution in [0.3, 0.4) is 0 Å². The molecule has 0 bridgehead atoms. The third-order valence-electron chi connectivity index (χ3n) is 18.5. The van der Waals surface area contributed by atoms with Crippen molar-refractivity contribution < 1.29 is 0 Å². The van der Waals surface area contributed by atoms with Gasteiger partial charge in [0, 0.05) is 34.0 Å². The molecule has 0 spiro atoms. The Morgan fingerprint density at radius 2 is 0.732 bits per heavy atom. The van der Waals surface area contributed by atoms with Gasteiger partial charge in [0.1, 0.15) is 0 Å². The Labute approximate surface area is 607 Å². The molecule has 520 valence electrons. The summed E-state index contributed by atoms with van der Waals surface area (Å²) in [5.74, 6) is 7.45. The van der Waals surface area contributed by atoms with Crippen molar-refractivity contribution >= 4 is 77.0 Å². The maximum absolute atomic E-state index is 2.43. The molecule has 11 aromatic rings. The van der Waals surface area contributed by atoms with E-state index in [2.05, 4.69) is 324 Å². The fourth-order valence-electron chi connectivity index (χ4n) is 12.2. The normalized spacial score (nSPS) is 13.2. The van der Waals surface area contributed by atoms with E-state index in [9.17, 15) is 0 Å². The molecule has 4 aromatic heterocycles. The van der Waals surface area contributed by atoms with Gasteiger partial charge in [-0.3, -0.25) is 0 Å². The van der Waals surface area contributed by atoms with Crippen molar-refractivity contribution in [1.29, 1.82) is 0 Å². The molecule has 0 aliphatic heterocycles. The number of hydrogen-bond acceptors (Lipinski definition) is 4. The quantitative estimate of drug-likeness (QED) is 0.128. The van der Waals surface area contributed by atoms with Crippen molar-refractivity contribution in [3.63, 3.8) is 0 Å². The molecule has 7 aromatic carbocycles. The van der Waals surface area contributed by atoms with Crippen LogP contribution < -0.4 is 0 Å². The first-order chi connectivity index (χ1) is 46.6. The van der Waals surface area contributed by atoms with Crippen LogP contribution >= 0.6 is 45.3 Å². The van der Waals surface area contributed by atoms with Crippen molar-refractivity contribution in [2.75, 3.05) is 0 Å². The van der Waals surface area contributed by atoms with Gasteiger partial charge in [-0.25, -0.2) is 0 Å². The summed E-state index contributed by atoms with van der Waals surface area (Å²) in [5.41, 5.74) is 8.97. The Hall–Kier alpha value is -5.88. The maximum Gasteiger partial charge on any atom is 0.0345 e. The molecule has 0 nitrogen and oxygen atoms in total. The summed E-state index contributed by atoms with van der Waals surface area (Å²) in [5, 5.41) is 8.84. The van der Waals surface area contributed by atoms with Crippen molar-refractivity contribution in [3.05, 3.63) is 268 Å². The first kappa shape index (κ1) is 80.1. The molecule has 0 unspecified atom stereocenters. The summed E-state index contributed by atoms with van der Waals surface area (Å²) < 4.78 is 1.40. The van der Waals surface area contributed by atoms with Crippen LogP contribution in [0, 0.1) is 17.8 Å². The highest BCUT2D eigenvalue weighted by atomic mass is 32.1. The summed E-state index contributed by atoms with van der Waals surface area (Å²) in [6, 6.07) is 71.5. The van der Waals surface area contributed by atoms with Crippen molar-refractivity contribution in [2.45, 2.75) is 250 Å². The van der Waals surface area contributed by atoms with Gasteiger partial charge in [0.05, 0.1) is 0 Å². The second kappa shape index (κ2) is 42.9. The first-order valence-electron chi connectivity index (χ1n) is 37.4. The summed E-state index contributed by atoms with van der Waals surface area (Å²) in [6.07, 6.45) is 18.2. The van der Waals surface area contributed by atoms with E-state index >= 15 is 0 Å². The van der Waals surface area contributed by atoms with E-state index in [0.717, 1.165) is 29.6 Å². The van der Waals surface area contributed by atoms with Gasteiger partial charge in [-0.15, -0.1) is 45.3 Å². The third-order valence-corrected chi connectivity index (χ3v) is 24.1. The van der Waals surface area contributed by atoms with Crippen LogP contribution in [0.5, 0.6) is 0 Å². The summed E-state index contributed by atoms with van der Waals surface area (Å²) >= 11 is 7.81. The molecule has 14 rings (SSSR count). The van der Waals surface area contributed by atoms with Crippen molar-refractivity contribution in [1.82, 2.24) is 0 Å². The topological polar surface area (TPSA) is 0 Å². The largest absolute Gasteiger partial charge is 0.149 e. The number of fused-ring (bicyclic) bond motifs is 5. The zero-order valence-corrected chi connectivity index (χ0v) is 66.5. The molecule has 4 heteroatoms. The standard InChI is InChI=1S/2C13H14.C11H16S.C11H12S.C10H14S.C10H14.C9H18.C9H12.C7H10S/c2*1-10(2)12-8-7-11-5-3-4-6-13(11)9-12;2*1-8(2)11-7-9-5-3-4-6-10(9)12-11;1-7(2)10-6-8-4-3-5-9(8)11-10;1-9(2)8-10-6-4-3-5-7-10;2*1-8(2)9-6-4-3-5-7-9;1-6(2)7-4-3-5-8-7/h2*3-10H,1-2H3;7-8H,3-6H2,1-2H3;3-8H,1-2H3;6-7H,3-5H2,1-2H3;3-7,9H,8H2,1-2H3;8-9H,3-7H2,1-2H3;3-8H,1-2H3;3-6H,1-2H3.